The fourth-order valence-corrected chi connectivity index (χ4v) is 3.92. The minimum absolute atomic E-state index is 0.0625. The molecule has 0 saturated carbocycles. The van der Waals surface area contributed by atoms with Gasteiger partial charge in [0.2, 0.25) is 11.8 Å². The first-order valence-electron chi connectivity index (χ1n) is 11.9. The number of amides is 2. The normalized spacial score (nSPS) is 11.5. The van der Waals surface area contributed by atoms with E-state index in [2.05, 4.69) is 5.32 Å². The number of nitrogens with zero attached hydrogens (tertiary/aromatic N) is 1. The van der Waals surface area contributed by atoms with Crippen molar-refractivity contribution in [2.75, 3.05) is 27.4 Å². The summed E-state index contributed by atoms with van der Waals surface area (Å²) in [6, 6.07) is 26.7. The van der Waals surface area contributed by atoms with Crippen molar-refractivity contribution < 1.29 is 19.1 Å². The number of carbonyl (C=O) groups is 2. The SMILES string of the molecule is COCCNC(=O)[C@H](Cc1ccccc1)N(Cc1ccc(OC)cc1)C(=O)CCc1ccccc1. The number of nitrogens with one attached hydrogen (secondary N) is 1. The number of aryl methyl sites for hydroxylation is 1. The van der Waals surface area contributed by atoms with E-state index in [1.54, 1.807) is 19.1 Å². The van der Waals surface area contributed by atoms with Crippen molar-refractivity contribution in [1.29, 1.82) is 0 Å². The lowest BCUT2D eigenvalue weighted by Gasteiger charge is -2.31. The van der Waals surface area contributed by atoms with Crippen molar-refractivity contribution in [2.45, 2.75) is 31.8 Å². The van der Waals surface area contributed by atoms with E-state index in [-0.39, 0.29) is 11.8 Å². The Bertz CT molecular complexity index is 1040. The van der Waals surface area contributed by atoms with Gasteiger partial charge in [-0.25, -0.2) is 0 Å². The maximum absolute atomic E-state index is 13.6. The third kappa shape index (κ3) is 8.26. The van der Waals surface area contributed by atoms with Crippen LogP contribution < -0.4 is 10.1 Å². The molecule has 2 amide bonds. The Hall–Kier alpha value is -3.64. The highest BCUT2D eigenvalue weighted by molar-refractivity contribution is 5.88. The second-order valence-electron chi connectivity index (χ2n) is 8.34. The second-order valence-corrected chi connectivity index (χ2v) is 8.34. The Labute approximate surface area is 207 Å². The number of hydrogen-bond donors (Lipinski definition) is 1. The van der Waals surface area contributed by atoms with Gasteiger partial charge < -0.3 is 19.7 Å². The van der Waals surface area contributed by atoms with Gasteiger partial charge in [0.25, 0.3) is 0 Å². The van der Waals surface area contributed by atoms with Gasteiger partial charge in [-0.15, -0.1) is 0 Å². The molecule has 184 valence electrons. The molecule has 0 radical (unpaired) electrons. The van der Waals surface area contributed by atoms with Crippen LogP contribution in [0.4, 0.5) is 0 Å². The van der Waals surface area contributed by atoms with Crippen LogP contribution in [0, 0.1) is 0 Å². The quantitative estimate of drug-likeness (QED) is 0.380. The lowest BCUT2D eigenvalue weighted by molar-refractivity contribution is -0.141. The molecule has 0 spiro atoms. The lowest BCUT2D eigenvalue weighted by Crippen LogP contribution is -2.51. The van der Waals surface area contributed by atoms with E-state index < -0.39 is 6.04 Å². The first kappa shape index (κ1) is 26.0. The topological polar surface area (TPSA) is 67.9 Å². The van der Waals surface area contributed by atoms with Crippen molar-refractivity contribution in [3.63, 3.8) is 0 Å². The summed E-state index contributed by atoms with van der Waals surface area (Å²) < 4.78 is 10.4. The summed E-state index contributed by atoms with van der Waals surface area (Å²) in [6.07, 6.45) is 1.35. The average Bonchev–Trinajstić information content (AvgIpc) is 2.91. The molecule has 0 aliphatic carbocycles. The molecule has 0 heterocycles. The number of hydrogen-bond acceptors (Lipinski definition) is 4. The summed E-state index contributed by atoms with van der Waals surface area (Å²) in [5.41, 5.74) is 3.02. The molecular weight excluding hydrogens is 440 g/mol. The predicted molar refractivity (Wildman–Crippen MR) is 137 cm³/mol. The van der Waals surface area contributed by atoms with Crippen LogP contribution in [0.2, 0.25) is 0 Å². The second kappa shape index (κ2) is 13.9. The number of ether oxygens (including phenoxy) is 2. The Morgan fingerprint density at radius 2 is 1.46 bits per heavy atom. The van der Waals surface area contributed by atoms with Gasteiger partial charge in [0.15, 0.2) is 0 Å². The maximum atomic E-state index is 13.6. The molecule has 0 fully saturated rings. The lowest BCUT2D eigenvalue weighted by atomic mass is 10.0. The highest BCUT2D eigenvalue weighted by Gasteiger charge is 2.30. The molecule has 3 rings (SSSR count). The van der Waals surface area contributed by atoms with Crippen molar-refractivity contribution in [1.82, 2.24) is 10.2 Å². The van der Waals surface area contributed by atoms with E-state index in [0.29, 0.717) is 39.0 Å². The number of methoxy groups -OCH3 is 2. The van der Waals surface area contributed by atoms with Gasteiger partial charge in [-0.1, -0.05) is 72.8 Å². The summed E-state index contributed by atoms with van der Waals surface area (Å²) in [6.45, 7) is 1.12. The molecule has 3 aromatic rings. The molecule has 0 unspecified atom stereocenters. The van der Waals surface area contributed by atoms with Crippen LogP contribution >= 0.6 is 0 Å². The Balaban J connectivity index is 1.87. The molecule has 0 aromatic heterocycles. The fraction of sp³-hybridized carbons (Fsp3) is 0.310. The van der Waals surface area contributed by atoms with Crippen LogP contribution in [0.15, 0.2) is 84.9 Å². The molecule has 3 aromatic carbocycles. The first-order valence-corrected chi connectivity index (χ1v) is 11.9. The highest BCUT2D eigenvalue weighted by atomic mass is 16.5. The zero-order chi connectivity index (χ0) is 24.9. The highest BCUT2D eigenvalue weighted by Crippen LogP contribution is 2.19. The Morgan fingerprint density at radius 1 is 0.829 bits per heavy atom. The van der Waals surface area contributed by atoms with Crippen LogP contribution in [-0.4, -0.2) is 50.1 Å². The van der Waals surface area contributed by atoms with Gasteiger partial charge in [0, 0.05) is 33.0 Å². The van der Waals surface area contributed by atoms with Crippen molar-refractivity contribution >= 4 is 11.8 Å². The van der Waals surface area contributed by atoms with E-state index in [4.69, 9.17) is 9.47 Å². The maximum Gasteiger partial charge on any atom is 0.243 e. The van der Waals surface area contributed by atoms with Crippen molar-refractivity contribution in [2.24, 2.45) is 0 Å². The van der Waals surface area contributed by atoms with Crippen molar-refractivity contribution in [3.05, 3.63) is 102 Å². The zero-order valence-corrected chi connectivity index (χ0v) is 20.5. The monoisotopic (exact) mass is 474 g/mol. The summed E-state index contributed by atoms with van der Waals surface area (Å²) in [4.78, 5) is 28.7. The minimum Gasteiger partial charge on any atom is -0.497 e. The van der Waals surface area contributed by atoms with Crippen LogP contribution in [-0.2, 0) is 33.7 Å². The van der Waals surface area contributed by atoms with Gasteiger partial charge in [0.1, 0.15) is 11.8 Å². The average molecular weight is 475 g/mol. The van der Waals surface area contributed by atoms with E-state index >= 15 is 0 Å². The predicted octanol–water partition coefficient (Wildman–Crippen LogP) is 4.03. The molecule has 0 aliphatic heterocycles. The van der Waals surface area contributed by atoms with Crippen LogP contribution in [0.3, 0.4) is 0 Å². The molecule has 35 heavy (non-hydrogen) atoms. The number of benzene rings is 3. The van der Waals surface area contributed by atoms with E-state index in [0.717, 1.165) is 22.4 Å². The molecule has 1 atom stereocenters. The van der Waals surface area contributed by atoms with Gasteiger partial charge in [-0.3, -0.25) is 9.59 Å². The molecule has 0 aliphatic rings. The van der Waals surface area contributed by atoms with E-state index in [9.17, 15) is 9.59 Å². The minimum atomic E-state index is -0.653. The number of carbonyl (C=O) groups excluding carboxylic acids is 2. The van der Waals surface area contributed by atoms with Gasteiger partial charge in [0.05, 0.1) is 13.7 Å². The van der Waals surface area contributed by atoms with Crippen LogP contribution in [0.5, 0.6) is 5.75 Å². The first-order chi connectivity index (χ1) is 17.1. The van der Waals surface area contributed by atoms with Gasteiger partial charge in [-0.05, 0) is 35.2 Å². The number of rotatable bonds is 13. The zero-order valence-electron chi connectivity index (χ0n) is 20.5. The Kier molecular flexibility index (Phi) is 10.3. The molecule has 0 bridgehead atoms. The molecule has 6 heteroatoms. The summed E-state index contributed by atoms with van der Waals surface area (Å²) in [5.74, 6) is 0.494. The standard InChI is InChI=1S/C29H34N2O4/c1-34-20-19-30-29(33)27(21-24-11-7-4-8-12-24)31(22-25-13-16-26(35-2)17-14-25)28(32)18-15-23-9-5-3-6-10-23/h3-14,16-17,27H,15,18-22H2,1-2H3,(H,30,33)/t27-/m0/s1. The van der Waals surface area contributed by atoms with Crippen LogP contribution in [0.25, 0.3) is 0 Å². The summed E-state index contributed by atoms with van der Waals surface area (Å²) >= 11 is 0. The van der Waals surface area contributed by atoms with Gasteiger partial charge >= 0.3 is 0 Å². The van der Waals surface area contributed by atoms with Crippen molar-refractivity contribution in [3.8, 4) is 5.75 Å². The fourth-order valence-electron chi connectivity index (χ4n) is 3.92. The van der Waals surface area contributed by atoms with E-state index in [1.165, 1.54) is 0 Å². The molecule has 6 nitrogen and oxygen atoms in total. The molecule has 1 N–H and O–H groups in total. The third-order valence-corrected chi connectivity index (χ3v) is 5.86. The van der Waals surface area contributed by atoms with E-state index in [1.807, 2.05) is 84.9 Å². The molecule has 0 saturated heterocycles. The van der Waals surface area contributed by atoms with Gasteiger partial charge in [-0.2, -0.15) is 0 Å². The molecular formula is C29H34N2O4. The smallest absolute Gasteiger partial charge is 0.243 e. The Morgan fingerprint density at radius 3 is 2.06 bits per heavy atom. The summed E-state index contributed by atoms with van der Waals surface area (Å²) in [5, 5.41) is 2.94. The van der Waals surface area contributed by atoms with Crippen LogP contribution in [0.1, 0.15) is 23.1 Å². The largest absolute Gasteiger partial charge is 0.497 e. The third-order valence-electron chi connectivity index (χ3n) is 5.86. The summed E-state index contributed by atoms with van der Waals surface area (Å²) in [7, 11) is 3.21.